The Kier molecular flexibility index (Phi) is 4.33. The second-order valence-electron chi connectivity index (χ2n) is 5.45. The molecule has 0 saturated heterocycles. The summed E-state index contributed by atoms with van der Waals surface area (Å²) in [5.41, 5.74) is -1.55. The number of aromatic carboxylic acids is 1. The van der Waals surface area contributed by atoms with Crippen molar-refractivity contribution in [3.8, 4) is 5.75 Å². The molecule has 2 heterocycles. The quantitative estimate of drug-likeness (QED) is 0.738. The minimum Gasteiger partial charge on any atom is -0.503 e. The monoisotopic (exact) mass is 360 g/mol. The normalized spacial score (nSPS) is 10.9. The highest BCUT2D eigenvalue weighted by molar-refractivity contribution is 6.30. The van der Waals surface area contributed by atoms with Gasteiger partial charge in [0.05, 0.1) is 0 Å². The molecule has 3 rings (SSSR count). The predicted octanol–water partition coefficient (Wildman–Crippen LogP) is 1.76. The zero-order chi connectivity index (χ0) is 18.1. The zero-order valence-electron chi connectivity index (χ0n) is 12.8. The Morgan fingerprint density at radius 1 is 1.12 bits per heavy atom. The van der Waals surface area contributed by atoms with E-state index in [1.165, 1.54) is 17.0 Å². The molecule has 7 nitrogen and oxygen atoms in total. The van der Waals surface area contributed by atoms with Crippen LogP contribution in [0.1, 0.15) is 15.9 Å². The van der Waals surface area contributed by atoms with Gasteiger partial charge in [0, 0.05) is 30.2 Å². The summed E-state index contributed by atoms with van der Waals surface area (Å²) in [6.45, 7) is 0.325. The van der Waals surface area contributed by atoms with Gasteiger partial charge in [-0.3, -0.25) is 9.59 Å². The summed E-state index contributed by atoms with van der Waals surface area (Å²) in [5.74, 6) is -2.34. The average Bonchev–Trinajstić information content (AvgIpc) is 2.58. The van der Waals surface area contributed by atoms with Crippen molar-refractivity contribution in [1.29, 1.82) is 0 Å². The molecule has 0 radical (unpaired) electrons. The number of hydrogen-bond acceptors (Lipinski definition) is 4. The van der Waals surface area contributed by atoms with Gasteiger partial charge in [0.15, 0.2) is 11.3 Å². The van der Waals surface area contributed by atoms with E-state index in [0.717, 1.165) is 16.2 Å². The third-order valence-electron chi connectivity index (χ3n) is 3.87. The van der Waals surface area contributed by atoms with Crippen molar-refractivity contribution in [2.45, 2.75) is 13.0 Å². The molecule has 0 amide bonds. The second-order valence-corrected chi connectivity index (χ2v) is 5.89. The first kappa shape index (κ1) is 16.8. The molecule has 128 valence electrons. The smallest absolute Gasteiger partial charge is 0.341 e. The molecule has 2 aromatic heterocycles. The molecular weight excluding hydrogens is 348 g/mol. The van der Waals surface area contributed by atoms with Gasteiger partial charge in [-0.05, 0) is 24.1 Å². The molecule has 0 fully saturated rings. The van der Waals surface area contributed by atoms with Crippen LogP contribution in [-0.4, -0.2) is 25.2 Å². The minimum absolute atomic E-state index is 0.256. The number of aryl methyl sites for hydroxylation is 2. The molecule has 25 heavy (non-hydrogen) atoms. The summed E-state index contributed by atoms with van der Waals surface area (Å²) in [6, 6.07) is 7.18. The van der Waals surface area contributed by atoms with Crippen molar-refractivity contribution in [3.05, 3.63) is 79.6 Å². The molecule has 0 aliphatic rings. The van der Waals surface area contributed by atoms with E-state index in [1.807, 2.05) is 12.1 Å². The summed E-state index contributed by atoms with van der Waals surface area (Å²) in [6.07, 6.45) is 4.46. The number of rotatable bonds is 4. The van der Waals surface area contributed by atoms with Crippen molar-refractivity contribution in [2.75, 3.05) is 0 Å². The molecule has 0 aliphatic heterocycles. The standard InChI is InChI=1S/C17H13ClN2O5/c18-11-3-1-10(2-4-11)5-6-19-7-8-20-9-12(17(24)25)14(21)15(22)13(20)16(19)23/h1-4,7-9,22H,5-6H2,(H,24,25). The van der Waals surface area contributed by atoms with E-state index >= 15 is 0 Å². The van der Waals surface area contributed by atoms with Crippen molar-refractivity contribution in [3.63, 3.8) is 0 Å². The zero-order valence-corrected chi connectivity index (χ0v) is 13.6. The summed E-state index contributed by atoms with van der Waals surface area (Å²) < 4.78 is 2.49. The maximum Gasteiger partial charge on any atom is 0.341 e. The molecular formula is C17H13ClN2O5. The number of fused-ring (bicyclic) bond motifs is 1. The molecule has 0 aliphatic carbocycles. The lowest BCUT2D eigenvalue weighted by atomic mass is 10.1. The Morgan fingerprint density at radius 3 is 2.44 bits per heavy atom. The first-order chi connectivity index (χ1) is 11.9. The van der Waals surface area contributed by atoms with Crippen molar-refractivity contribution in [2.24, 2.45) is 0 Å². The van der Waals surface area contributed by atoms with Crippen molar-refractivity contribution in [1.82, 2.24) is 8.97 Å². The number of hydrogen-bond donors (Lipinski definition) is 2. The Morgan fingerprint density at radius 2 is 1.80 bits per heavy atom. The fourth-order valence-electron chi connectivity index (χ4n) is 2.53. The molecule has 0 saturated carbocycles. The van der Waals surface area contributed by atoms with Crippen LogP contribution in [-0.2, 0) is 13.0 Å². The van der Waals surface area contributed by atoms with Gasteiger partial charge >= 0.3 is 5.97 Å². The number of halogens is 1. The Bertz CT molecular complexity index is 1080. The first-order valence-corrected chi connectivity index (χ1v) is 7.71. The van der Waals surface area contributed by atoms with Crippen LogP contribution in [0.5, 0.6) is 5.75 Å². The maximum absolute atomic E-state index is 12.5. The van der Waals surface area contributed by atoms with Gasteiger partial charge < -0.3 is 19.2 Å². The number of carboxylic acids is 1. The van der Waals surface area contributed by atoms with E-state index in [2.05, 4.69) is 0 Å². The van der Waals surface area contributed by atoms with E-state index in [0.29, 0.717) is 18.0 Å². The van der Waals surface area contributed by atoms with Gasteiger partial charge in [0.1, 0.15) is 5.56 Å². The van der Waals surface area contributed by atoms with Crippen molar-refractivity contribution < 1.29 is 15.0 Å². The highest BCUT2D eigenvalue weighted by Crippen LogP contribution is 2.12. The van der Waals surface area contributed by atoms with E-state index < -0.39 is 28.3 Å². The predicted molar refractivity (Wildman–Crippen MR) is 91.7 cm³/mol. The summed E-state index contributed by atoms with van der Waals surface area (Å²) in [5, 5.41) is 19.6. The number of carbonyl (C=O) groups is 1. The van der Waals surface area contributed by atoms with Crippen LogP contribution in [0, 0.1) is 0 Å². The number of carboxylic acid groups (broad SMARTS) is 1. The topological polar surface area (TPSA) is 101 Å². The van der Waals surface area contributed by atoms with E-state index in [-0.39, 0.29) is 5.52 Å². The molecule has 0 unspecified atom stereocenters. The van der Waals surface area contributed by atoms with Gasteiger partial charge in [0.25, 0.3) is 5.56 Å². The average molecular weight is 361 g/mol. The molecule has 0 bridgehead atoms. The lowest BCUT2D eigenvalue weighted by Gasteiger charge is -2.10. The van der Waals surface area contributed by atoms with Gasteiger partial charge in [-0.25, -0.2) is 4.79 Å². The third kappa shape index (κ3) is 3.14. The molecule has 3 aromatic rings. The van der Waals surface area contributed by atoms with Crippen LogP contribution < -0.4 is 11.0 Å². The fraction of sp³-hybridized carbons (Fsp3) is 0.118. The van der Waals surface area contributed by atoms with Gasteiger partial charge in [-0.2, -0.15) is 0 Å². The Hall–Kier alpha value is -3.06. The lowest BCUT2D eigenvalue weighted by Crippen LogP contribution is -2.26. The minimum atomic E-state index is -1.47. The lowest BCUT2D eigenvalue weighted by molar-refractivity contribution is 0.0694. The summed E-state index contributed by atoms with van der Waals surface area (Å²) >= 11 is 5.83. The summed E-state index contributed by atoms with van der Waals surface area (Å²) in [4.78, 5) is 35.5. The van der Waals surface area contributed by atoms with Crippen LogP contribution in [0.15, 0.2) is 52.4 Å². The number of pyridine rings is 1. The molecule has 0 atom stereocenters. The van der Waals surface area contributed by atoms with Crippen LogP contribution in [0.4, 0.5) is 0 Å². The molecule has 2 N–H and O–H groups in total. The number of benzene rings is 1. The third-order valence-corrected chi connectivity index (χ3v) is 4.12. The van der Waals surface area contributed by atoms with E-state index in [4.69, 9.17) is 16.7 Å². The van der Waals surface area contributed by atoms with Gasteiger partial charge in [-0.15, -0.1) is 0 Å². The summed E-state index contributed by atoms with van der Waals surface area (Å²) in [7, 11) is 0. The van der Waals surface area contributed by atoms with Crippen LogP contribution >= 0.6 is 11.6 Å². The fourth-order valence-corrected chi connectivity index (χ4v) is 2.66. The number of aromatic nitrogens is 2. The van der Waals surface area contributed by atoms with Crippen LogP contribution in [0.3, 0.4) is 0 Å². The Labute approximate surface area is 146 Å². The maximum atomic E-state index is 12.5. The molecule has 1 aromatic carbocycles. The van der Waals surface area contributed by atoms with Crippen LogP contribution in [0.2, 0.25) is 5.02 Å². The highest BCUT2D eigenvalue weighted by Gasteiger charge is 2.18. The SMILES string of the molecule is O=C(O)c1cn2ccn(CCc3ccc(Cl)cc3)c(=O)c2c(O)c1=O. The second kappa shape index (κ2) is 6.45. The largest absolute Gasteiger partial charge is 0.503 e. The van der Waals surface area contributed by atoms with Crippen molar-refractivity contribution >= 4 is 23.1 Å². The first-order valence-electron chi connectivity index (χ1n) is 7.33. The number of aromatic hydroxyl groups is 1. The van der Waals surface area contributed by atoms with E-state index in [9.17, 15) is 19.5 Å². The molecule has 8 heteroatoms. The number of nitrogens with zero attached hydrogens (tertiary/aromatic N) is 2. The van der Waals surface area contributed by atoms with Gasteiger partial charge in [-0.1, -0.05) is 23.7 Å². The Balaban J connectivity index is 2.02. The highest BCUT2D eigenvalue weighted by atomic mass is 35.5. The molecule has 0 spiro atoms. The van der Waals surface area contributed by atoms with Gasteiger partial charge in [0.2, 0.25) is 5.43 Å². The van der Waals surface area contributed by atoms with Crippen LogP contribution in [0.25, 0.3) is 5.52 Å². The van der Waals surface area contributed by atoms with E-state index in [1.54, 1.807) is 12.1 Å².